The molecule has 0 bridgehead atoms. The Kier molecular flexibility index (Phi) is 13.0. The highest BCUT2D eigenvalue weighted by atomic mass is 16.5. The fourth-order valence-corrected chi connectivity index (χ4v) is 4.43. The molecule has 0 aliphatic carbocycles. The quantitative estimate of drug-likeness (QED) is 0.224. The van der Waals surface area contributed by atoms with Gasteiger partial charge in [0.25, 0.3) is 0 Å². The standard InChI is InChI=1S/C34H40N4O6/c1-5-17-37(18-6-2)19-20-38(21-22-44-28-14-12-27(13-15-28)33(40)41)32(39)24-26-11-16-30(31(23-26)43-4)36-34(42)35-29-10-8-7-9-25(29)3/h5-16,23H,1-2,17-22,24H2,3-4H3,(H,40,41)(H2,35,36,42)/p-1. The number of methoxy groups -OCH3 is 1. The van der Waals surface area contributed by atoms with Crippen LogP contribution >= 0.6 is 0 Å². The first-order valence-corrected chi connectivity index (χ1v) is 14.2. The monoisotopic (exact) mass is 599 g/mol. The number of aromatic carboxylic acids is 1. The van der Waals surface area contributed by atoms with Crippen LogP contribution in [0.2, 0.25) is 0 Å². The molecule has 0 spiro atoms. The van der Waals surface area contributed by atoms with E-state index >= 15 is 0 Å². The molecular formula is C34H39N4O6-. The van der Waals surface area contributed by atoms with E-state index in [1.165, 1.54) is 19.2 Å². The van der Waals surface area contributed by atoms with Gasteiger partial charge in [0.2, 0.25) is 5.91 Å². The van der Waals surface area contributed by atoms with Crippen molar-refractivity contribution in [2.45, 2.75) is 13.3 Å². The van der Waals surface area contributed by atoms with Crippen LogP contribution in [0.25, 0.3) is 0 Å². The zero-order chi connectivity index (χ0) is 31.9. The summed E-state index contributed by atoms with van der Waals surface area (Å²) in [6.45, 7) is 12.4. The van der Waals surface area contributed by atoms with Crippen molar-refractivity contribution in [3.63, 3.8) is 0 Å². The molecule has 44 heavy (non-hydrogen) atoms. The summed E-state index contributed by atoms with van der Waals surface area (Å²) < 4.78 is 11.3. The van der Waals surface area contributed by atoms with Crippen molar-refractivity contribution in [2.24, 2.45) is 0 Å². The number of anilines is 2. The second-order valence-electron chi connectivity index (χ2n) is 9.98. The maximum Gasteiger partial charge on any atom is 0.323 e. The van der Waals surface area contributed by atoms with Crippen LogP contribution in [0.5, 0.6) is 11.5 Å². The van der Waals surface area contributed by atoms with Gasteiger partial charge in [0.05, 0.1) is 31.7 Å². The number of rotatable bonds is 17. The molecule has 0 aliphatic heterocycles. The predicted octanol–water partition coefficient (Wildman–Crippen LogP) is 4.14. The average Bonchev–Trinajstić information content (AvgIpc) is 3.01. The molecule has 0 heterocycles. The number of para-hydroxylation sites is 1. The van der Waals surface area contributed by atoms with Crippen molar-refractivity contribution >= 4 is 29.3 Å². The molecule has 0 saturated heterocycles. The molecule has 3 rings (SSSR count). The van der Waals surface area contributed by atoms with Crippen molar-refractivity contribution in [3.8, 4) is 11.5 Å². The third-order valence-corrected chi connectivity index (χ3v) is 6.80. The Balaban J connectivity index is 1.67. The number of carbonyl (C=O) groups excluding carboxylic acids is 3. The van der Waals surface area contributed by atoms with Gasteiger partial charge in [-0.3, -0.25) is 9.69 Å². The molecule has 0 atom stereocenters. The second-order valence-corrected chi connectivity index (χ2v) is 9.98. The number of carbonyl (C=O) groups is 3. The fraction of sp³-hybridized carbons (Fsp3) is 0.265. The molecule has 0 radical (unpaired) electrons. The molecule has 3 aromatic rings. The van der Waals surface area contributed by atoms with Crippen LogP contribution in [0, 0.1) is 6.92 Å². The van der Waals surface area contributed by atoms with E-state index < -0.39 is 12.0 Å². The van der Waals surface area contributed by atoms with E-state index in [1.54, 1.807) is 47.4 Å². The van der Waals surface area contributed by atoms with Crippen molar-refractivity contribution in [1.29, 1.82) is 0 Å². The third kappa shape index (κ3) is 10.3. The highest BCUT2D eigenvalue weighted by Gasteiger charge is 2.17. The minimum atomic E-state index is -1.26. The summed E-state index contributed by atoms with van der Waals surface area (Å²) in [6, 6.07) is 18.2. The van der Waals surface area contributed by atoms with E-state index in [4.69, 9.17) is 9.47 Å². The SMILES string of the molecule is C=CCN(CC=C)CCN(CCOc1ccc(C(=O)[O-])cc1)C(=O)Cc1ccc(NC(=O)Nc2ccccc2C)c(OC)c1. The Morgan fingerprint density at radius 3 is 2.20 bits per heavy atom. The maximum absolute atomic E-state index is 13.5. The number of ether oxygens (including phenoxy) is 2. The van der Waals surface area contributed by atoms with E-state index in [2.05, 4.69) is 28.7 Å². The number of urea groups is 1. The van der Waals surface area contributed by atoms with Gasteiger partial charge < -0.3 is 34.9 Å². The third-order valence-electron chi connectivity index (χ3n) is 6.80. The molecule has 2 N–H and O–H groups in total. The lowest BCUT2D eigenvalue weighted by Crippen LogP contribution is -2.41. The second kappa shape index (κ2) is 17.1. The molecular weight excluding hydrogens is 560 g/mol. The van der Waals surface area contributed by atoms with E-state index in [1.807, 2.05) is 31.2 Å². The summed E-state index contributed by atoms with van der Waals surface area (Å²) in [6.07, 6.45) is 3.71. The van der Waals surface area contributed by atoms with Gasteiger partial charge in [0.15, 0.2) is 0 Å². The minimum Gasteiger partial charge on any atom is -0.545 e. The number of nitrogens with zero attached hydrogens (tertiary/aromatic N) is 2. The molecule has 0 saturated carbocycles. The predicted molar refractivity (Wildman–Crippen MR) is 170 cm³/mol. The number of aryl methyl sites for hydroxylation is 1. The van der Waals surface area contributed by atoms with Crippen LogP contribution in [0.3, 0.4) is 0 Å². The largest absolute Gasteiger partial charge is 0.545 e. The van der Waals surface area contributed by atoms with Crippen LogP contribution in [0.15, 0.2) is 92.0 Å². The molecule has 0 aromatic heterocycles. The van der Waals surface area contributed by atoms with Crippen LogP contribution in [-0.4, -0.2) is 74.1 Å². The first kappa shape index (κ1) is 33.4. The lowest BCUT2D eigenvalue weighted by molar-refractivity contribution is -0.255. The topological polar surface area (TPSA) is 123 Å². The van der Waals surface area contributed by atoms with Gasteiger partial charge in [-0.05, 0) is 66.1 Å². The molecule has 3 amide bonds. The Hall–Kier alpha value is -5.09. The number of hydrogen-bond acceptors (Lipinski definition) is 7. The summed E-state index contributed by atoms with van der Waals surface area (Å²) >= 11 is 0. The summed E-state index contributed by atoms with van der Waals surface area (Å²) in [7, 11) is 1.50. The first-order chi connectivity index (χ1) is 21.2. The Morgan fingerprint density at radius 2 is 1.57 bits per heavy atom. The smallest absolute Gasteiger partial charge is 0.323 e. The van der Waals surface area contributed by atoms with Gasteiger partial charge in [-0.2, -0.15) is 0 Å². The summed E-state index contributed by atoms with van der Waals surface area (Å²) in [5.41, 5.74) is 2.87. The summed E-state index contributed by atoms with van der Waals surface area (Å²) in [5.74, 6) is -0.462. The van der Waals surface area contributed by atoms with E-state index in [0.29, 0.717) is 55.6 Å². The van der Waals surface area contributed by atoms with E-state index in [0.717, 1.165) is 11.1 Å². The van der Waals surface area contributed by atoms with Crippen molar-refractivity contribution in [3.05, 3.63) is 109 Å². The van der Waals surface area contributed by atoms with Gasteiger partial charge >= 0.3 is 6.03 Å². The zero-order valence-corrected chi connectivity index (χ0v) is 25.2. The van der Waals surface area contributed by atoms with Gasteiger partial charge in [-0.1, -0.05) is 36.4 Å². The van der Waals surface area contributed by atoms with Crippen LogP contribution in [0.1, 0.15) is 21.5 Å². The normalized spacial score (nSPS) is 10.5. The first-order valence-electron chi connectivity index (χ1n) is 14.2. The number of carboxylic acid groups (broad SMARTS) is 1. The number of carboxylic acids is 1. The average molecular weight is 600 g/mol. The Morgan fingerprint density at radius 1 is 0.886 bits per heavy atom. The fourth-order valence-electron chi connectivity index (χ4n) is 4.43. The molecule has 10 heteroatoms. The van der Waals surface area contributed by atoms with Crippen molar-refractivity contribution in [2.75, 3.05) is 57.1 Å². The number of benzene rings is 3. The summed E-state index contributed by atoms with van der Waals surface area (Å²) in [5, 5.41) is 16.6. The minimum absolute atomic E-state index is 0.0576. The lowest BCUT2D eigenvalue weighted by Gasteiger charge is -2.27. The summed E-state index contributed by atoms with van der Waals surface area (Å²) in [4.78, 5) is 41.0. The Bertz CT molecular complexity index is 1430. The number of amides is 3. The number of nitrogens with one attached hydrogen (secondary N) is 2. The molecule has 3 aromatic carbocycles. The van der Waals surface area contributed by atoms with Gasteiger partial charge in [-0.25, -0.2) is 4.79 Å². The van der Waals surface area contributed by atoms with Crippen LogP contribution in [0.4, 0.5) is 16.2 Å². The molecule has 0 unspecified atom stereocenters. The van der Waals surface area contributed by atoms with Crippen molar-refractivity contribution in [1.82, 2.24) is 9.80 Å². The molecule has 0 aliphatic rings. The lowest BCUT2D eigenvalue weighted by atomic mass is 10.1. The number of hydrogen-bond donors (Lipinski definition) is 2. The molecule has 10 nitrogen and oxygen atoms in total. The maximum atomic E-state index is 13.5. The van der Waals surface area contributed by atoms with Crippen molar-refractivity contribution < 1.29 is 29.0 Å². The zero-order valence-electron chi connectivity index (χ0n) is 25.2. The van der Waals surface area contributed by atoms with Gasteiger partial charge in [-0.15, -0.1) is 13.2 Å². The van der Waals surface area contributed by atoms with E-state index in [-0.39, 0.29) is 24.5 Å². The van der Waals surface area contributed by atoms with Gasteiger partial charge in [0.1, 0.15) is 18.1 Å². The van der Waals surface area contributed by atoms with Crippen LogP contribution in [-0.2, 0) is 11.2 Å². The van der Waals surface area contributed by atoms with Gasteiger partial charge in [0, 0.05) is 31.9 Å². The Labute approximate surface area is 258 Å². The highest BCUT2D eigenvalue weighted by Crippen LogP contribution is 2.26. The van der Waals surface area contributed by atoms with E-state index in [9.17, 15) is 19.5 Å². The molecule has 232 valence electrons. The van der Waals surface area contributed by atoms with Crippen LogP contribution < -0.4 is 25.2 Å². The molecule has 0 fully saturated rings. The highest BCUT2D eigenvalue weighted by molar-refractivity contribution is 6.01.